The van der Waals surface area contributed by atoms with E-state index in [0.29, 0.717) is 12.6 Å². The highest BCUT2D eigenvalue weighted by molar-refractivity contribution is 5.83. The molecular formula is C13H19N2O+. The molecule has 0 bridgehead atoms. The second-order valence-corrected chi connectivity index (χ2v) is 4.52. The fraction of sp³-hybridized carbons (Fsp3) is 0.385. The number of hydrogen-bond donors (Lipinski definition) is 3. The van der Waals surface area contributed by atoms with Crippen LogP contribution in [-0.4, -0.2) is 22.7 Å². The quantitative estimate of drug-likeness (QED) is 0.710. The van der Waals surface area contributed by atoms with E-state index in [2.05, 4.69) is 24.1 Å². The van der Waals surface area contributed by atoms with E-state index in [9.17, 15) is 5.11 Å². The van der Waals surface area contributed by atoms with Crippen molar-refractivity contribution in [1.29, 1.82) is 0 Å². The maximum atomic E-state index is 10.1. The van der Waals surface area contributed by atoms with Gasteiger partial charge in [0, 0.05) is 22.7 Å². The predicted molar refractivity (Wildman–Crippen MR) is 65.2 cm³/mol. The summed E-state index contributed by atoms with van der Waals surface area (Å²) in [6, 6.07) is 8.57. The Morgan fingerprint density at radius 3 is 2.81 bits per heavy atom. The van der Waals surface area contributed by atoms with Gasteiger partial charge in [0.1, 0.15) is 12.6 Å². The molecule has 0 unspecified atom stereocenters. The van der Waals surface area contributed by atoms with Gasteiger partial charge < -0.3 is 15.4 Å². The van der Waals surface area contributed by atoms with Crippen molar-refractivity contribution in [3.8, 4) is 0 Å². The standard InChI is InChI=1S/C13H18N2O/c1-9(2)14-8-13(16)11-7-15-12-6-4-3-5-10(11)12/h3-7,9,13-16H,8H2,1-2H3/p+1/t13-/m0/s1. The summed E-state index contributed by atoms with van der Waals surface area (Å²) in [5, 5.41) is 13.4. The molecule has 1 aromatic carbocycles. The molecule has 0 radical (unpaired) electrons. The van der Waals surface area contributed by atoms with E-state index in [1.165, 1.54) is 0 Å². The first kappa shape index (κ1) is 11.2. The molecule has 0 aliphatic carbocycles. The number of rotatable bonds is 4. The lowest BCUT2D eigenvalue weighted by atomic mass is 10.1. The van der Waals surface area contributed by atoms with E-state index in [1.54, 1.807) is 0 Å². The largest absolute Gasteiger partial charge is 0.382 e. The normalized spacial score (nSPS) is 13.5. The third kappa shape index (κ3) is 2.26. The molecule has 1 atom stereocenters. The molecule has 0 saturated carbocycles. The number of aromatic nitrogens is 1. The smallest absolute Gasteiger partial charge is 0.130 e. The van der Waals surface area contributed by atoms with E-state index in [1.807, 2.05) is 30.5 Å². The third-order valence-electron chi connectivity index (χ3n) is 2.81. The Kier molecular flexibility index (Phi) is 3.27. The maximum Gasteiger partial charge on any atom is 0.130 e. The van der Waals surface area contributed by atoms with Crippen LogP contribution in [0.3, 0.4) is 0 Å². The van der Waals surface area contributed by atoms with Gasteiger partial charge in [0.25, 0.3) is 0 Å². The van der Waals surface area contributed by atoms with Crippen LogP contribution in [0.5, 0.6) is 0 Å². The van der Waals surface area contributed by atoms with Crippen LogP contribution in [0, 0.1) is 0 Å². The number of nitrogens with two attached hydrogens (primary N) is 1. The van der Waals surface area contributed by atoms with Crippen LogP contribution in [0.4, 0.5) is 0 Å². The van der Waals surface area contributed by atoms with Gasteiger partial charge in [-0.3, -0.25) is 0 Å². The van der Waals surface area contributed by atoms with Crippen molar-refractivity contribution in [3.63, 3.8) is 0 Å². The van der Waals surface area contributed by atoms with E-state index < -0.39 is 6.10 Å². The Hall–Kier alpha value is -1.32. The van der Waals surface area contributed by atoms with Crippen molar-refractivity contribution in [2.24, 2.45) is 0 Å². The Morgan fingerprint density at radius 1 is 1.31 bits per heavy atom. The van der Waals surface area contributed by atoms with E-state index in [-0.39, 0.29) is 0 Å². The Morgan fingerprint density at radius 2 is 2.06 bits per heavy atom. The van der Waals surface area contributed by atoms with Crippen molar-refractivity contribution in [2.45, 2.75) is 26.0 Å². The summed E-state index contributed by atoms with van der Waals surface area (Å²) in [6.07, 6.45) is 1.50. The number of aliphatic hydroxyl groups excluding tert-OH is 1. The molecule has 0 spiro atoms. The summed E-state index contributed by atoms with van der Waals surface area (Å²) in [5.41, 5.74) is 2.08. The lowest BCUT2D eigenvalue weighted by Crippen LogP contribution is -2.89. The monoisotopic (exact) mass is 219 g/mol. The van der Waals surface area contributed by atoms with Crippen LogP contribution in [0.15, 0.2) is 30.5 Å². The topological polar surface area (TPSA) is 52.6 Å². The summed E-state index contributed by atoms with van der Waals surface area (Å²) in [5.74, 6) is 0. The Bertz CT molecular complexity index is 462. The number of hydrogen-bond acceptors (Lipinski definition) is 1. The van der Waals surface area contributed by atoms with Crippen LogP contribution >= 0.6 is 0 Å². The molecule has 3 nitrogen and oxygen atoms in total. The van der Waals surface area contributed by atoms with Crippen molar-refractivity contribution in [2.75, 3.05) is 6.54 Å². The fourth-order valence-corrected chi connectivity index (χ4v) is 1.90. The molecule has 1 aromatic heterocycles. The van der Waals surface area contributed by atoms with Gasteiger partial charge in [0.15, 0.2) is 0 Å². The molecule has 2 aromatic rings. The number of para-hydroxylation sites is 1. The lowest BCUT2D eigenvalue weighted by molar-refractivity contribution is -0.689. The summed E-state index contributed by atoms with van der Waals surface area (Å²) in [4.78, 5) is 3.18. The van der Waals surface area contributed by atoms with Gasteiger partial charge in [-0.05, 0) is 19.9 Å². The van der Waals surface area contributed by atoms with E-state index in [4.69, 9.17) is 0 Å². The van der Waals surface area contributed by atoms with Gasteiger partial charge >= 0.3 is 0 Å². The van der Waals surface area contributed by atoms with Crippen molar-refractivity contribution in [1.82, 2.24) is 4.98 Å². The molecule has 0 aliphatic rings. The summed E-state index contributed by atoms with van der Waals surface area (Å²) < 4.78 is 0. The average Bonchev–Trinajstić information content (AvgIpc) is 2.69. The minimum atomic E-state index is -0.404. The van der Waals surface area contributed by atoms with Crippen LogP contribution in [0.1, 0.15) is 25.5 Å². The van der Waals surface area contributed by atoms with Crippen molar-refractivity contribution < 1.29 is 10.4 Å². The van der Waals surface area contributed by atoms with Crippen LogP contribution in [-0.2, 0) is 0 Å². The fourth-order valence-electron chi connectivity index (χ4n) is 1.90. The first-order chi connectivity index (χ1) is 7.68. The second-order valence-electron chi connectivity index (χ2n) is 4.52. The predicted octanol–water partition coefficient (Wildman–Crippen LogP) is 1.17. The zero-order valence-corrected chi connectivity index (χ0v) is 9.77. The number of H-pyrrole nitrogens is 1. The molecule has 0 fully saturated rings. The van der Waals surface area contributed by atoms with Gasteiger partial charge in [0.2, 0.25) is 0 Å². The molecule has 4 N–H and O–H groups in total. The Balaban J connectivity index is 2.19. The molecule has 0 amide bonds. The van der Waals surface area contributed by atoms with Gasteiger partial charge in [0.05, 0.1) is 6.04 Å². The van der Waals surface area contributed by atoms with Crippen LogP contribution in [0.2, 0.25) is 0 Å². The number of fused-ring (bicyclic) bond motifs is 1. The number of benzene rings is 1. The highest BCUT2D eigenvalue weighted by Crippen LogP contribution is 2.22. The summed E-state index contributed by atoms with van der Waals surface area (Å²) in [7, 11) is 0. The van der Waals surface area contributed by atoms with Gasteiger partial charge in [-0.1, -0.05) is 18.2 Å². The third-order valence-corrected chi connectivity index (χ3v) is 2.81. The highest BCUT2D eigenvalue weighted by atomic mass is 16.3. The molecule has 0 saturated heterocycles. The van der Waals surface area contributed by atoms with Crippen molar-refractivity contribution >= 4 is 10.9 Å². The zero-order valence-electron chi connectivity index (χ0n) is 9.77. The SMILES string of the molecule is CC(C)[NH2+]C[C@H](O)c1c[nH]c2ccccc12. The zero-order chi connectivity index (χ0) is 11.5. The van der Waals surface area contributed by atoms with Gasteiger partial charge in [-0.15, -0.1) is 0 Å². The molecule has 3 heteroatoms. The second kappa shape index (κ2) is 4.68. The highest BCUT2D eigenvalue weighted by Gasteiger charge is 2.14. The molecule has 86 valence electrons. The minimum absolute atomic E-state index is 0.404. The average molecular weight is 219 g/mol. The van der Waals surface area contributed by atoms with Crippen LogP contribution in [0.25, 0.3) is 10.9 Å². The number of aliphatic hydroxyl groups is 1. The summed E-state index contributed by atoms with van der Waals surface area (Å²) in [6.45, 7) is 4.96. The minimum Gasteiger partial charge on any atom is -0.382 e. The first-order valence-corrected chi connectivity index (χ1v) is 5.76. The van der Waals surface area contributed by atoms with Crippen molar-refractivity contribution in [3.05, 3.63) is 36.0 Å². The van der Waals surface area contributed by atoms with Gasteiger partial charge in [-0.2, -0.15) is 0 Å². The molecule has 0 aliphatic heterocycles. The summed E-state index contributed by atoms with van der Waals surface area (Å²) >= 11 is 0. The molecule has 16 heavy (non-hydrogen) atoms. The number of nitrogens with one attached hydrogen (secondary N) is 1. The molecule has 1 heterocycles. The maximum absolute atomic E-state index is 10.1. The van der Waals surface area contributed by atoms with Gasteiger partial charge in [-0.25, -0.2) is 0 Å². The number of aromatic amines is 1. The lowest BCUT2D eigenvalue weighted by Gasteiger charge is -2.10. The van der Waals surface area contributed by atoms with E-state index >= 15 is 0 Å². The van der Waals surface area contributed by atoms with Crippen LogP contribution < -0.4 is 5.32 Å². The molecular weight excluding hydrogens is 200 g/mol. The number of quaternary nitrogens is 1. The first-order valence-electron chi connectivity index (χ1n) is 5.76. The molecule has 2 rings (SSSR count). The Labute approximate surface area is 95.5 Å². The van der Waals surface area contributed by atoms with E-state index in [0.717, 1.165) is 16.5 Å².